The molecular weight excluding hydrogens is 184 g/mol. The van der Waals surface area contributed by atoms with Crippen LogP contribution in [0.2, 0.25) is 0 Å². The number of carbonyl (C=O) groups excluding carboxylic acids is 2. The molecule has 0 aliphatic heterocycles. The van der Waals surface area contributed by atoms with Gasteiger partial charge in [-0.3, -0.25) is 4.79 Å². The van der Waals surface area contributed by atoms with E-state index in [2.05, 4.69) is 4.74 Å². The Morgan fingerprint density at radius 2 is 2.36 bits per heavy atom. The quantitative estimate of drug-likeness (QED) is 0.406. The van der Waals surface area contributed by atoms with Gasteiger partial charge in [-0.2, -0.15) is 0 Å². The molecule has 14 heavy (non-hydrogen) atoms. The zero-order valence-corrected chi connectivity index (χ0v) is 7.95. The highest BCUT2D eigenvalue weighted by Crippen LogP contribution is 2.52. The molecule has 0 radical (unpaired) electrons. The number of esters is 1. The number of hydrogen-bond donors (Lipinski definition) is 1. The van der Waals surface area contributed by atoms with E-state index in [0.717, 1.165) is 6.42 Å². The third-order valence-electron chi connectivity index (χ3n) is 2.78. The van der Waals surface area contributed by atoms with Crippen molar-refractivity contribution in [3.8, 4) is 0 Å². The third kappa shape index (κ3) is 1.31. The summed E-state index contributed by atoms with van der Waals surface area (Å²) in [6, 6.07) is 0. The van der Waals surface area contributed by atoms with Crippen molar-refractivity contribution >= 4 is 11.8 Å². The molecule has 2 aliphatic rings. The summed E-state index contributed by atoms with van der Waals surface area (Å²) in [4.78, 5) is 22.6. The van der Waals surface area contributed by atoms with Crippen LogP contribution in [0, 0.1) is 11.8 Å². The average Bonchev–Trinajstić information content (AvgIpc) is 2.86. The molecule has 76 valence electrons. The number of ether oxygens (including phenoxy) is 1. The summed E-state index contributed by atoms with van der Waals surface area (Å²) in [6.07, 6.45) is 1.45. The molecule has 2 saturated carbocycles. The van der Waals surface area contributed by atoms with Crippen molar-refractivity contribution in [1.29, 1.82) is 0 Å². The predicted molar refractivity (Wildman–Crippen MR) is 47.5 cm³/mol. The molecule has 0 aromatic rings. The minimum absolute atomic E-state index is 0.0689. The van der Waals surface area contributed by atoms with E-state index in [1.54, 1.807) is 6.92 Å². The highest BCUT2D eigenvalue weighted by Gasteiger charge is 2.52. The molecule has 0 bridgehead atoms. The van der Waals surface area contributed by atoms with Gasteiger partial charge < -0.3 is 9.84 Å². The molecule has 0 heterocycles. The molecule has 1 N–H and O–H groups in total. The minimum Gasteiger partial charge on any atom is -0.502 e. The van der Waals surface area contributed by atoms with Crippen LogP contribution in [0.3, 0.4) is 0 Å². The molecular formula is C10H12O4. The Morgan fingerprint density at radius 1 is 1.64 bits per heavy atom. The number of rotatable bonds is 2. The smallest absolute Gasteiger partial charge is 0.373 e. The van der Waals surface area contributed by atoms with Crippen molar-refractivity contribution in [2.45, 2.75) is 19.8 Å². The lowest BCUT2D eigenvalue weighted by atomic mass is 10.1. The van der Waals surface area contributed by atoms with E-state index in [4.69, 9.17) is 0 Å². The summed E-state index contributed by atoms with van der Waals surface area (Å²) in [5, 5.41) is 9.44. The van der Waals surface area contributed by atoms with E-state index in [0.29, 0.717) is 12.3 Å². The second-order valence-electron chi connectivity index (χ2n) is 3.72. The number of aliphatic hydroxyl groups excluding tert-OH is 1. The maximum absolute atomic E-state index is 11.5. The lowest BCUT2D eigenvalue weighted by molar-refractivity contribution is -0.142. The molecule has 0 aromatic heterocycles. The zero-order chi connectivity index (χ0) is 10.3. The number of Topliss-reactive ketones (excluding diaryl/α,β-unsaturated/α-hetero) is 1. The Labute approximate surface area is 81.6 Å². The summed E-state index contributed by atoms with van der Waals surface area (Å²) >= 11 is 0. The number of aliphatic hydroxyl groups is 1. The number of ketones is 1. The molecule has 2 atom stereocenters. The normalized spacial score (nSPS) is 32.5. The molecule has 0 unspecified atom stereocenters. The Kier molecular flexibility index (Phi) is 2.06. The topological polar surface area (TPSA) is 63.6 Å². The molecule has 0 saturated heterocycles. The largest absolute Gasteiger partial charge is 0.502 e. The van der Waals surface area contributed by atoms with Crippen LogP contribution < -0.4 is 0 Å². The fourth-order valence-electron chi connectivity index (χ4n) is 1.92. The summed E-state index contributed by atoms with van der Waals surface area (Å²) in [5.41, 5.74) is 0.268. The fraction of sp³-hybridized carbons (Fsp3) is 0.600. The monoisotopic (exact) mass is 196 g/mol. The summed E-state index contributed by atoms with van der Waals surface area (Å²) in [5.74, 6) is -0.891. The molecule has 0 amide bonds. The van der Waals surface area contributed by atoms with Gasteiger partial charge in [-0.25, -0.2) is 4.79 Å². The average molecular weight is 196 g/mol. The van der Waals surface area contributed by atoms with Gasteiger partial charge in [0.1, 0.15) is 0 Å². The van der Waals surface area contributed by atoms with Gasteiger partial charge in [-0.15, -0.1) is 0 Å². The van der Waals surface area contributed by atoms with Crippen molar-refractivity contribution in [3.05, 3.63) is 11.3 Å². The lowest BCUT2D eigenvalue weighted by Crippen LogP contribution is -2.13. The summed E-state index contributed by atoms with van der Waals surface area (Å²) in [6.45, 7) is 1.86. The lowest BCUT2D eigenvalue weighted by Gasteiger charge is -2.04. The van der Waals surface area contributed by atoms with Crippen LogP contribution in [0.4, 0.5) is 0 Å². The van der Waals surface area contributed by atoms with Crippen molar-refractivity contribution in [1.82, 2.24) is 0 Å². The Morgan fingerprint density at radius 3 is 2.86 bits per heavy atom. The first-order valence-electron chi connectivity index (χ1n) is 4.78. The first-order chi connectivity index (χ1) is 6.65. The van der Waals surface area contributed by atoms with Crippen molar-refractivity contribution in [3.63, 3.8) is 0 Å². The zero-order valence-electron chi connectivity index (χ0n) is 7.95. The second-order valence-corrected chi connectivity index (χ2v) is 3.72. The van der Waals surface area contributed by atoms with Gasteiger partial charge in [0, 0.05) is 11.5 Å². The first kappa shape index (κ1) is 9.24. The van der Waals surface area contributed by atoms with Gasteiger partial charge in [-0.05, 0) is 25.7 Å². The molecule has 2 rings (SSSR count). The van der Waals surface area contributed by atoms with Crippen LogP contribution in [0.1, 0.15) is 19.8 Å². The molecule has 2 fully saturated rings. The van der Waals surface area contributed by atoms with Gasteiger partial charge in [0.25, 0.3) is 0 Å². The van der Waals surface area contributed by atoms with Crippen molar-refractivity contribution < 1.29 is 19.4 Å². The van der Waals surface area contributed by atoms with Gasteiger partial charge in [0.15, 0.2) is 5.78 Å². The Bertz CT molecular complexity index is 329. The van der Waals surface area contributed by atoms with Gasteiger partial charge in [-0.1, -0.05) is 0 Å². The van der Waals surface area contributed by atoms with Crippen LogP contribution in [-0.4, -0.2) is 23.5 Å². The van der Waals surface area contributed by atoms with E-state index in [1.807, 2.05) is 0 Å². The van der Waals surface area contributed by atoms with Crippen molar-refractivity contribution in [2.75, 3.05) is 6.61 Å². The second kappa shape index (κ2) is 3.12. The molecule has 2 aliphatic carbocycles. The minimum atomic E-state index is -0.780. The SMILES string of the molecule is CCOC(=O)C(O)=C1C[C@@H]2C[C@H]2C1=O. The molecule has 4 heteroatoms. The highest BCUT2D eigenvalue weighted by atomic mass is 16.5. The third-order valence-corrected chi connectivity index (χ3v) is 2.78. The maximum Gasteiger partial charge on any atom is 0.373 e. The van der Waals surface area contributed by atoms with Crippen LogP contribution in [-0.2, 0) is 14.3 Å². The standard InChI is InChI=1S/C10H12O4/c1-2-14-10(13)9(12)7-4-5-3-6(5)8(7)11/h5-6,12H,2-4H2,1H3/t5-,6+/m0/s1. The van der Waals surface area contributed by atoms with E-state index in [1.165, 1.54) is 0 Å². The summed E-state index contributed by atoms with van der Waals surface area (Å²) < 4.78 is 4.62. The van der Waals surface area contributed by atoms with Gasteiger partial charge >= 0.3 is 5.97 Å². The van der Waals surface area contributed by atoms with Crippen LogP contribution in [0.25, 0.3) is 0 Å². The van der Waals surface area contributed by atoms with Crippen molar-refractivity contribution in [2.24, 2.45) is 11.8 Å². The number of carbonyl (C=O) groups is 2. The van der Waals surface area contributed by atoms with E-state index in [-0.39, 0.29) is 23.9 Å². The Hall–Kier alpha value is -1.32. The van der Waals surface area contributed by atoms with Gasteiger partial charge in [0.05, 0.1) is 6.61 Å². The number of hydrogen-bond acceptors (Lipinski definition) is 4. The fourth-order valence-corrected chi connectivity index (χ4v) is 1.92. The first-order valence-corrected chi connectivity index (χ1v) is 4.78. The van der Waals surface area contributed by atoms with Crippen LogP contribution in [0.15, 0.2) is 11.3 Å². The predicted octanol–water partition coefficient (Wildman–Crippen LogP) is 0.971. The van der Waals surface area contributed by atoms with Gasteiger partial charge in [0.2, 0.25) is 5.76 Å². The van der Waals surface area contributed by atoms with E-state index in [9.17, 15) is 14.7 Å². The molecule has 4 nitrogen and oxygen atoms in total. The highest BCUT2D eigenvalue weighted by molar-refractivity contribution is 6.07. The maximum atomic E-state index is 11.5. The van der Waals surface area contributed by atoms with E-state index < -0.39 is 11.7 Å². The van der Waals surface area contributed by atoms with E-state index >= 15 is 0 Å². The van der Waals surface area contributed by atoms with Crippen LogP contribution >= 0.6 is 0 Å². The molecule has 0 spiro atoms. The molecule has 0 aromatic carbocycles. The van der Waals surface area contributed by atoms with Crippen LogP contribution in [0.5, 0.6) is 0 Å². The summed E-state index contributed by atoms with van der Waals surface area (Å²) in [7, 11) is 0. The Balaban J connectivity index is 2.15. The number of allylic oxidation sites excluding steroid dienone is 1. The number of fused-ring (bicyclic) bond motifs is 1.